The van der Waals surface area contributed by atoms with Crippen LogP contribution in [0.4, 0.5) is 61.5 Å². The van der Waals surface area contributed by atoms with Crippen LogP contribution in [0.5, 0.6) is 12.0 Å². The normalized spacial score (nSPS) is 14.0. The minimum atomic E-state index is -4.63. The zero-order chi connectivity index (χ0) is 66.3. The van der Waals surface area contributed by atoms with Gasteiger partial charge < -0.3 is 61.9 Å². The number of esters is 1. The highest BCUT2D eigenvalue weighted by molar-refractivity contribution is 6.36. The van der Waals surface area contributed by atoms with E-state index in [9.17, 15) is 69.8 Å². The smallest absolute Gasteiger partial charge is 0.422 e. The van der Waals surface area contributed by atoms with Gasteiger partial charge in [-0.3, -0.25) is 28.8 Å². The summed E-state index contributed by atoms with van der Waals surface area (Å²) in [5.74, 6) is -7.25. The Morgan fingerprint density at radius 3 is 1.21 bits per heavy atom. The third-order valence-corrected chi connectivity index (χ3v) is 13.9. The summed E-state index contributed by atoms with van der Waals surface area (Å²) in [4.78, 5) is 120. The second kappa shape index (κ2) is 30.0. The number of likely N-dealkylation sites (N-methyl/N-ethyl adjacent to an activating group) is 2. The van der Waals surface area contributed by atoms with Crippen molar-refractivity contribution >= 4 is 106 Å². The number of carbonyl (C=O) groups is 8. The van der Waals surface area contributed by atoms with Crippen molar-refractivity contribution in [2.24, 2.45) is 0 Å². The van der Waals surface area contributed by atoms with E-state index >= 15 is 0 Å². The number of anilines is 6. The molecule has 91 heavy (non-hydrogen) atoms. The van der Waals surface area contributed by atoms with Gasteiger partial charge in [-0.05, 0) is 122 Å². The number of hydrogen-bond acceptors (Lipinski definition) is 21. The van der Waals surface area contributed by atoms with E-state index in [1.807, 2.05) is 24.3 Å². The molecule has 6 aromatic rings. The minimum Gasteiger partial charge on any atom is -0.480 e. The Morgan fingerprint density at radius 1 is 0.527 bits per heavy atom. The number of ketones is 2. The molecule has 0 saturated heterocycles. The number of carboxylic acids is 1. The van der Waals surface area contributed by atoms with Crippen LogP contribution in [-0.4, -0.2) is 141 Å². The summed E-state index contributed by atoms with van der Waals surface area (Å²) in [5.41, 5.74) is 1.56. The number of alkyl halides is 6. The van der Waals surface area contributed by atoms with E-state index < -0.39 is 114 Å². The first-order chi connectivity index (χ1) is 43.1. The van der Waals surface area contributed by atoms with Gasteiger partial charge in [0.15, 0.2) is 13.2 Å². The third-order valence-electron chi connectivity index (χ3n) is 13.4. The zero-order valence-corrected chi connectivity index (χ0v) is 49.6. The van der Waals surface area contributed by atoms with Gasteiger partial charge in [0.25, 0.3) is 23.6 Å². The molecule has 4 amide bonds. The number of carbonyl (C=O) groups excluding carboxylic acids is 7. The topological polar surface area (TPSA) is 358 Å². The van der Waals surface area contributed by atoms with Crippen molar-refractivity contribution in [2.75, 3.05) is 55.7 Å². The molecule has 2 saturated carbocycles. The summed E-state index contributed by atoms with van der Waals surface area (Å²) in [6.45, 7) is -3.24. The Kier molecular flexibility index (Phi) is 22.6. The van der Waals surface area contributed by atoms with Gasteiger partial charge in [0.05, 0.1) is 18.2 Å². The Morgan fingerprint density at radius 2 is 0.879 bits per heavy atom. The van der Waals surface area contributed by atoms with Crippen LogP contribution in [0.2, 0.25) is 10.0 Å². The van der Waals surface area contributed by atoms with Gasteiger partial charge in [0.2, 0.25) is 35.4 Å². The van der Waals surface area contributed by atoms with Crippen molar-refractivity contribution in [3.8, 4) is 12.0 Å². The highest BCUT2D eigenvalue weighted by Gasteiger charge is 2.46. The molecule has 0 spiro atoms. The van der Waals surface area contributed by atoms with Gasteiger partial charge in [-0.2, -0.15) is 56.2 Å². The number of nitrogens with one attached hydrogen (secondary N) is 8. The number of hydrogen-bond donors (Lipinski definition) is 9. The SMILES string of the molecule is CNC(=O)C(=O)CC[C@H](NC(=O)c1ccc(Nc2nc(NC3(c4ccc(Cl)cc4)CC3)nc(OCC(F)(F)F)n2)cc1)C(=O)O.CNC(=O)C(=O)CC[C@H](NC(=O)c1ccc(Nc2nc(NC3(c4ccc(Cl)cc4)CC3)nc(OCC(F)(F)F)n2)cc1)C(=O)OC. The number of methoxy groups -OCH3 is 1. The van der Waals surface area contributed by atoms with E-state index in [4.69, 9.17) is 37.4 Å². The lowest BCUT2D eigenvalue weighted by Crippen LogP contribution is -2.42. The average Bonchev–Trinajstić information content (AvgIpc) is 1.81. The largest absolute Gasteiger partial charge is 0.480 e. The molecule has 482 valence electrons. The molecule has 0 unspecified atom stereocenters. The van der Waals surface area contributed by atoms with Crippen molar-refractivity contribution in [3.63, 3.8) is 0 Å². The summed E-state index contributed by atoms with van der Waals surface area (Å²) in [6, 6.07) is 21.8. The van der Waals surface area contributed by atoms with Crippen LogP contribution in [0.15, 0.2) is 97.1 Å². The van der Waals surface area contributed by atoms with E-state index in [1.54, 1.807) is 24.3 Å². The second-order valence-corrected chi connectivity index (χ2v) is 21.0. The molecule has 0 aliphatic heterocycles. The van der Waals surface area contributed by atoms with Crippen LogP contribution in [0, 0.1) is 0 Å². The highest BCUT2D eigenvalue weighted by Crippen LogP contribution is 2.49. The number of halogens is 8. The molecule has 0 radical (unpaired) electrons. The molecule has 2 aliphatic carbocycles. The first-order valence-corrected chi connectivity index (χ1v) is 28.0. The molecule has 34 heteroatoms. The predicted octanol–water partition coefficient (Wildman–Crippen LogP) is 7.27. The molecule has 0 bridgehead atoms. The molecule has 26 nitrogen and oxygen atoms in total. The van der Waals surface area contributed by atoms with Crippen LogP contribution >= 0.6 is 23.2 Å². The third kappa shape index (κ3) is 20.5. The summed E-state index contributed by atoms with van der Waals surface area (Å²) < 4.78 is 91.4. The average molecular weight is 1310 g/mol. The van der Waals surface area contributed by atoms with Gasteiger partial charge in [0.1, 0.15) is 12.1 Å². The fourth-order valence-electron chi connectivity index (χ4n) is 8.40. The number of rotatable bonds is 28. The van der Waals surface area contributed by atoms with Crippen molar-refractivity contribution in [1.82, 2.24) is 51.2 Å². The van der Waals surface area contributed by atoms with Crippen molar-refractivity contribution in [3.05, 3.63) is 129 Å². The maximum Gasteiger partial charge on any atom is 0.422 e. The van der Waals surface area contributed by atoms with Crippen molar-refractivity contribution in [1.29, 1.82) is 0 Å². The van der Waals surface area contributed by atoms with Gasteiger partial charge in [-0.15, -0.1) is 0 Å². The Balaban J connectivity index is 0.000000259. The zero-order valence-electron chi connectivity index (χ0n) is 48.1. The quantitative estimate of drug-likeness (QED) is 0.0132. The molecular weight excluding hydrogens is 1260 g/mol. The molecule has 2 heterocycles. The maximum atomic E-state index is 12.9. The number of amides is 4. The number of Topliss-reactive ketones (excluding diaryl/α,β-unsaturated/α-hetero) is 2. The number of aliphatic carboxylic acids is 1. The molecular formula is C57H56Cl2F6N14O12. The second-order valence-electron chi connectivity index (χ2n) is 20.2. The standard InChI is InChI=1S/C29H29ClF3N7O6.C28H27ClF3N7O6/c1-34-23(43)21(41)12-11-20(24(44)45-2)36-22(42)16-3-9-19(10-4-16)35-25-37-26(39-27(38-25)46-15-29(31,32)33)40-28(13-14-28)17-5-7-18(30)8-6-17;1-33-22(42)20(40)11-10-19(23(43)44)35-21(41)15-2-8-18(9-3-15)34-24-36-25(38-26(37-24)45-14-28(30,31)32)39-27(12-13-27)16-4-6-17(29)7-5-16/h3-10,20H,11-15H2,1-2H3,(H,34,43)(H,36,42)(H2,35,37,38,39,40);2-9,19H,10-14H2,1H3,(H,33,42)(H,35,41)(H,43,44)(H2,34,36,37,38,39)/t20-;19-/m00/s1. The van der Waals surface area contributed by atoms with Crippen LogP contribution in [0.1, 0.15) is 83.2 Å². The molecule has 2 aromatic heterocycles. The molecule has 2 aliphatic rings. The number of carboxylic acid groups (broad SMARTS) is 1. The number of nitrogens with zero attached hydrogens (tertiary/aromatic N) is 6. The van der Waals surface area contributed by atoms with E-state index in [2.05, 4.69) is 72.4 Å². The number of ether oxygens (including phenoxy) is 3. The van der Waals surface area contributed by atoms with Crippen molar-refractivity contribution in [2.45, 2.75) is 86.9 Å². The lowest BCUT2D eigenvalue weighted by atomic mass is 10.1. The fourth-order valence-corrected chi connectivity index (χ4v) is 8.65. The van der Waals surface area contributed by atoms with Crippen LogP contribution in [-0.2, 0) is 44.6 Å². The van der Waals surface area contributed by atoms with Gasteiger partial charge >= 0.3 is 36.3 Å². The van der Waals surface area contributed by atoms with Gasteiger partial charge in [-0.25, -0.2) is 9.59 Å². The number of benzene rings is 4. The first kappa shape index (κ1) is 68.5. The summed E-state index contributed by atoms with van der Waals surface area (Å²) >= 11 is 12.0. The van der Waals surface area contributed by atoms with E-state index in [0.717, 1.165) is 18.2 Å². The Bertz CT molecular complexity index is 3620. The monoisotopic (exact) mass is 1310 g/mol. The maximum absolute atomic E-state index is 12.9. The molecule has 9 N–H and O–H groups in total. The first-order valence-electron chi connectivity index (χ1n) is 27.2. The Hall–Kier alpha value is -9.98. The summed E-state index contributed by atoms with van der Waals surface area (Å²) in [5, 5.41) is 31.6. The van der Waals surface area contributed by atoms with E-state index in [0.29, 0.717) is 47.1 Å². The lowest BCUT2D eigenvalue weighted by molar-refractivity contribution is -0.155. The molecule has 2 fully saturated rings. The fraction of sp³-hybridized carbons (Fsp3) is 0.333. The minimum absolute atomic E-state index is 0.0260. The van der Waals surface area contributed by atoms with Crippen LogP contribution < -0.4 is 52.0 Å². The number of aromatic nitrogens is 6. The summed E-state index contributed by atoms with van der Waals surface area (Å²) in [7, 11) is 3.67. The van der Waals surface area contributed by atoms with Crippen LogP contribution in [0.3, 0.4) is 0 Å². The molecule has 2 atom stereocenters. The van der Waals surface area contributed by atoms with E-state index in [1.165, 1.54) is 62.6 Å². The lowest BCUT2D eigenvalue weighted by Gasteiger charge is -2.19. The van der Waals surface area contributed by atoms with Crippen LogP contribution in [0.25, 0.3) is 0 Å². The van der Waals surface area contributed by atoms with Gasteiger partial charge in [0, 0.05) is 59.5 Å². The van der Waals surface area contributed by atoms with Crippen molar-refractivity contribution < 1.29 is 84.0 Å². The van der Waals surface area contributed by atoms with E-state index in [-0.39, 0.29) is 54.2 Å². The molecule has 4 aromatic carbocycles. The van der Waals surface area contributed by atoms with Gasteiger partial charge in [-0.1, -0.05) is 47.5 Å². The molecule has 8 rings (SSSR count). The summed E-state index contributed by atoms with van der Waals surface area (Å²) in [6.07, 6.45) is -7.59. The Labute approximate surface area is 522 Å². The highest BCUT2D eigenvalue weighted by atomic mass is 35.5. The predicted molar refractivity (Wildman–Crippen MR) is 313 cm³/mol.